The molecule has 3 aromatic rings. The monoisotopic (exact) mass is 484 g/mol. The Balaban J connectivity index is 0.000000219. The molecule has 0 radical (unpaired) electrons. The molecule has 0 aliphatic heterocycles. The Kier molecular flexibility index (Phi) is 6.24. The van der Waals surface area contributed by atoms with Crippen LogP contribution in [-0.4, -0.2) is 29.7 Å². The molecule has 3 rings (SSSR count). The predicted molar refractivity (Wildman–Crippen MR) is 86.6 cm³/mol. The Morgan fingerprint density at radius 3 is 1.79 bits per heavy atom. The number of hydrogen-bond acceptors (Lipinski definition) is 5. The van der Waals surface area contributed by atoms with Crippen LogP contribution < -0.4 is 0 Å². The molecule has 3 aromatic heterocycles. The lowest BCUT2D eigenvalue weighted by Gasteiger charge is -2.00. The summed E-state index contributed by atoms with van der Waals surface area (Å²) in [6.07, 6.45) is 3.20. The first-order valence-corrected chi connectivity index (χ1v) is 7.95. The van der Waals surface area contributed by atoms with Crippen molar-refractivity contribution in [1.82, 2.24) is 29.7 Å². The summed E-state index contributed by atoms with van der Waals surface area (Å²) < 4.78 is 39.3. The average molecular weight is 486 g/mol. The second kappa shape index (κ2) is 7.99. The number of alkyl halides is 3. The standard InChI is InChI=1S/C8H4BrF3N4.C4H2BrClN2/c9-6-2-13-7(14-3-6)16-4-5(1-15-16)8(10,11)12;5-3-1-7-4(6)8-2-3/h1-4H;1-2H. The van der Waals surface area contributed by atoms with Crippen LogP contribution in [0.4, 0.5) is 13.2 Å². The fraction of sp³-hybridized carbons (Fsp3) is 0.0833. The first-order valence-electron chi connectivity index (χ1n) is 5.98. The highest BCUT2D eigenvalue weighted by molar-refractivity contribution is 9.10. The van der Waals surface area contributed by atoms with E-state index in [1.54, 1.807) is 12.4 Å². The molecule has 0 atom stereocenters. The highest BCUT2D eigenvalue weighted by atomic mass is 79.9. The Morgan fingerprint density at radius 1 is 0.875 bits per heavy atom. The van der Waals surface area contributed by atoms with Gasteiger partial charge in [0.15, 0.2) is 0 Å². The summed E-state index contributed by atoms with van der Waals surface area (Å²) in [7, 11) is 0. The molecule has 24 heavy (non-hydrogen) atoms. The third kappa shape index (κ3) is 5.49. The third-order valence-electron chi connectivity index (χ3n) is 2.31. The van der Waals surface area contributed by atoms with Gasteiger partial charge in [0, 0.05) is 31.0 Å². The Morgan fingerprint density at radius 2 is 1.38 bits per heavy atom. The van der Waals surface area contributed by atoms with E-state index in [9.17, 15) is 13.2 Å². The van der Waals surface area contributed by atoms with Gasteiger partial charge >= 0.3 is 6.18 Å². The van der Waals surface area contributed by atoms with Crippen molar-refractivity contribution in [3.63, 3.8) is 0 Å². The van der Waals surface area contributed by atoms with E-state index in [2.05, 4.69) is 56.9 Å². The van der Waals surface area contributed by atoms with Crippen LogP contribution >= 0.6 is 43.5 Å². The van der Waals surface area contributed by atoms with Crippen molar-refractivity contribution < 1.29 is 13.2 Å². The van der Waals surface area contributed by atoms with Gasteiger partial charge < -0.3 is 0 Å². The number of hydrogen-bond donors (Lipinski definition) is 0. The van der Waals surface area contributed by atoms with Crippen LogP contribution in [0.25, 0.3) is 5.95 Å². The molecule has 12 heteroatoms. The van der Waals surface area contributed by atoms with Gasteiger partial charge in [-0.25, -0.2) is 24.6 Å². The maximum Gasteiger partial charge on any atom is 0.419 e. The molecule has 0 fully saturated rings. The predicted octanol–water partition coefficient (Wildman–Crippen LogP) is 4.34. The average Bonchev–Trinajstić information content (AvgIpc) is 3.02. The van der Waals surface area contributed by atoms with Gasteiger partial charge in [-0.05, 0) is 43.5 Å². The molecule has 0 saturated heterocycles. The van der Waals surface area contributed by atoms with Crippen LogP contribution in [-0.2, 0) is 6.18 Å². The molecular weight excluding hydrogens is 480 g/mol. The Labute approximate surface area is 155 Å². The highest BCUT2D eigenvalue weighted by Crippen LogP contribution is 2.28. The van der Waals surface area contributed by atoms with E-state index in [1.807, 2.05) is 0 Å². The molecule has 0 N–H and O–H groups in total. The highest BCUT2D eigenvalue weighted by Gasteiger charge is 2.32. The van der Waals surface area contributed by atoms with Crippen molar-refractivity contribution in [3.05, 3.63) is 57.0 Å². The van der Waals surface area contributed by atoms with Gasteiger partial charge in [0.2, 0.25) is 5.28 Å². The normalized spacial score (nSPS) is 10.9. The lowest BCUT2D eigenvalue weighted by atomic mass is 10.4. The SMILES string of the molecule is Clc1ncc(Br)cn1.FC(F)(F)c1cnn(-c2ncc(Br)cn2)c1. The zero-order valence-corrected chi connectivity index (χ0v) is 15.3. The van der Waals surface area contributed by atoms with Crippen molar-refractivity contribution in [1.29, 1.82) is 0 Å². The summed E-state index contributed by atoms with van der Waals surface area (Å²) in [5.74, 6) is 0.0821. The number of rotatable bonds is 1. The number of nitrogens with zero attached hydrogens (tertiary/aromatic N) is 6. The molecule has 0 aliphatic carbocycles. The van der Waals surface area contributed by atoms with E-state index >= 15 is 0 Å². The van der Waals surface area contributed by atoms with Gasteiger partial charge in [-0.3, -0.25) is 0 Å². The quantitative estimate of drug-likeness (QED) is 0.479. The molecule has 0 aromatic carbocycles. The summed E-state index contributed by atoms with van der Waals surface area (Å²) >= 11 is 11.7. The van der Waals surface area contributed by atoms with E-state index in [4.69, 9.17) is 11.6 Å². The molecule has 0 saturated carbocycles. The molecule has 0 bridgehead atoms. The van der Waals surface area contributed by atoms with Crippen molar-refractivity contribution in [2.75, 3.05) is 0 Å². The summed E-state index contributed by atoms with van der Waals surface area (Å²) in [4.78, 5) is 15.0. The van der Waals surface area contributed by atoms with Crippen molar-refractivity contribution in [2.24, 2.45) is 0 Å². The van der Waals surface area contributed by atoms with Crippen LogP contribution in [0, 0.1) is 0 Å². The molecule has 3 heterocycles. The van der Waals surface area contributed by atoms with Crippen LogP contribution in [0.2, 0.25) is 5.28 Å². The minimum Gasteiger partial charge on any atom is -0.225 e. The van der Waals surface area contributed by atoms with Crippen LogP contribution in [0.1, 0.15) is 5.56 Å². The molecule has 0 amide bonds. The van der Waals surface area contributed by atoms with Gasteiger partial charge in [-0.15, -0.1) is 0 Å². The largest absolute Gasteiger partial charge is 0.419 e. The smallest absolute Gasteiger partial charge is 0.225 e. The zero-order valence-electron chi connectivity index (χ0n) is 11.4. The molecule has 0 aliphatic rings. The van der Waals surface area contributed by atoms with E-state index < -0.39 is 11.7 Å². The van der Waals surface area contributed by atoms with Gasteiger partial charge in [0.25, 0.3) is 5.95 Å². The Bertz CT molecular complexity index is 771. The molecule has 126 valence electrons. The molecular formula is C12H6Br2ClF3N6. The van der Waals surface area contributed by atoms with Gasteiger partial charge in [0.1, 0.15) is 0 Å². The first-order chi connectivity index (χ1) is 11.3. The summed E-state index contributed by atoms with van der Waals surface area (Å²) in [6.45, 7) is 0. The summed E-state index contributed by atoms with van der Waals surface area (Å²) in [6, 6.07) is 0. The maximum atomic E-state index is 12.3. The lowest BCUT2D eigenvalue weighted by molar-refractivity contribution is -0.137. The number of aromatic nitrogens is 6. The molecule has 0 spiro atoms. The summed E-state index contributed by atoms with van der Waals surface area (Å²) in [5, 5.41) is 3.81. The molecule has 0 unspecified atom stereocenters. The minimum atomic E-state index is -4.41. The second-order valence-electron chi connectivity index (χ2n) is 4.04. The van der Waals surface area contributed by atoms with Gasteiger partial charge in [-0.1, -0.05) is 0 Å². The van der Waals surface area contributed by atoms with Crippen LogP contribution in [0.3, 0.4) is 0 Å². The van der Waals surface area contributed by atoms with E-state index in [-0.39, 0.29) is 11.2 Å². The third-order valence-corrected chi connectivity index (χ3v) is 3.32. The summed E-state index contributed by atoms with van der Waals surface area (Å²) in [5.41, 5.74) is -0.834. The maximum absolute atomic E-state index is 12.3. The lowest BCUT2D eigenvalue weighted by Crippen LogP contribution is -2.04. The van der Waals surface area contributed by atoms with Gasteiger partial charge in [-0.2, -0.15) is 18.3 Å². The topological polar surface area (TPSA) is 69.4 Å². The fourth-order valence-electron chi connectivity index (χ4n) is 1.30. The van der Waals surface area contributed by atoms with Crippen molar-refractivity contribution in [2.45, 2.75) is 6.18 Å². The Hall–Kier alpha value is -1.59. The van der Waals surface area contributed by atoms with E-state index in [0.29, 0.717) is 4.47 Å². The van der Waals surface area contributed by atoms with Crippen molar-refractivity contribution in [3.8, 4) is 5.95 Å². The van der Waals surface area contributed by atoms with Crippen molar-refractivity contribution >= 4 is 43.5 Å². The van der Waals surface area contributed by atoms with Crippen LogP contribution in [0.5, 0.6) is 0 Å². The minimum absolute atomic E-state index is 0.0821. The van der Waals surface area contributed by atoms with Gasteiger partial charge in [0.05, 0.1) is 20.7 Å². The van der Waals surface area contributed by atoms with Crippen LogP contribution in [0.15, 0.2) is 46.1 Å². The number of halogens is 6. The second-order valence-corrected chi connectivity index (χ2v) is 6.21. The fourth-order valence-corrected chi connectivity index (χ4v) is 1.81. The van der Waals surface area contributed by atoms with E-state index in [1.165, 1.54) is 12.4 Å². The van der Waals surface area contributed by atoms with E-state index in [0.717, 1.165) is 21.5 Å². The zero-order chi connectivity index (χ0) is 17.7. The molecule has 6 nitrogen and oxygen atoms in total. The first kappa shape index (κ1) is 18.7.